The van der Waals surface area contributed by atoms with Crippen LogP contribution < -0.4 is 5.32 Å². The van der Waals surface area contributed by atoms with Crippen molar-refractivity contribution in [3.05, 3.63) is 0 Å². The third kappa shape index (κ3) is 4.61. The number of carbonyl (C=O) groups excluding carboxylic acids is 2. The monoisotopic (exact) mass is 351 g/mol. The molecule has 11 heteroatoms. The van der Waals surface area contributed by atoms with Crippen molar-refractivity contribution in [2.75, 3.05) is 6.61 Å². The molecular formula is C13H21NO10. The van der Waals surface area contributed by atoms with Crippen LogP contribution in [0.1, 0.15) is 20.3 Å². The first-order chi connectivity index (χ1) is 11.0. The van der Waals surface area contributed by atoms with Gasteiger partial charge in [0, 0.05) is 20.3 Å². The molecule has 11 nitrogen and oxygen atoms in total. The van der Waals surface area contributed by atoms with Crippen molar-refractivity contribution in [1.29, 1.82) is 0 Å². The highest BCUT2D eigenvalue weighted by atomic mass is 16.7. The number of aliphatic hydroxyl groups excluding tert-OH is 3. The summed E-state index contributed by atoms with van der Waals surface area (Å²) in [5.41, 5.74) is 0. The van der Waals surface area contributed by atoms with Gasteiger partial charge in [-0.1, -0.05) is 0 Å². The fraction of sp³-hybridized carbons (Fsp3) is 0.769. The van der Waals surface area contributed by atoms with E-state index in [-0.39, 0.29) is 0 Å². The largest absolute Gasteiger partial charge is 0.477 e. The lowest BCUT2D eigenvalue weighted by molar-refractivity contribution is -0.296. The lowest BCUT2D eigenvalue weighted by Gasteiger charge is -2.45. The van der Waals surface area contributed by atoms with Crippen molar-refractivity contribution in [2.45, 2.75) is 56.5 Å². The first-order valence-electron chi connectivity index (χ1n) is 7.06. The molecule has 0 saturated carbocycles. The third-order valence-electron chi connectivity index (χ3n) is 3.48. The lowest BCUT2D eigenvalue weighted by atomic mass is 9.88. The van der Waals surface area contributed by atoms with E-state index in [1.807, 2.05) is 0 Å². The van der Waals surface area contributed by atoms with Gasteiger partial charge in [0.25, 0.3) is 5.79 Å². The number of rotatable bonds is 6. The molecule has 1 saturated heterocycles. The van der Waals surface area contributed by atoms with Gasteiger partial charge in [-0.2, -0.15) is 0 Å². The van der Waals surface area contributed by atoms with Crippen LogP contribution >= 0.6 is 0 Å². The summed E-state index contributed by atoms with van der Waals surface area (Å²) < 4.78 is 9.87. The number of carboxylic acids is 1. The normalized spacial score (nSPS) is 32.5. The number of amides is 1. The smallest absolute Gasteiger partial charge is 0.364 e. The molecule has 0 unspecified atom stereocenters. The van der Waals surface area contributed by atoms with Gasteiger partial charge in [0.1, 0.15) is 12.2 Å². The van der Waals surface area contributed by atoms with E-state index in [9.17, 15) is 29.7 Å². The summed E-state index contributed by atoms with van der Waals surface area (Å²) in [5.74, 6) is -6.15. The minimum Gasteiger partial charge on any atom is -0.477 e. The Bertz CT molecular complexity index is 497. The molecule has 0 radical (unpaired) electrons. The maximum Gasteiger partial charge on any atom is 0.364 e. The minimum absolute atomic E-state index is 0.617. The summed E-state index contributed by atoms with van der Waals surface area (Å²) in [6, 6.07) is -1.30. The molecule has 0 aromatic carbocycles. The van der Waals surface area contributed by atoms with Crippen molar-refractivity contribution in [1.82, 2.24) is 5.32 Å². The van der Waals surface area contributed by atoms with E-state index in [4.69, 9.17) is 19.7 Å². The van der Waals surface area contributed by atoms with Crippen LogP contribution in [-0.4, -0.2) is 86.2 Å². The molecule has 1 fully saturated rings. The number of aliphatic carboxylic acids is 1. The Hall–Kier alpha value is -1.79. The number of carboxylic acid groups (broad SMARTS) is 1. The molecule has 24 heavy (non-hydrogen) atoms. The number of esters is 1. The minimum atomic E-state index is -2.83. The number of hydrogen-bond acceptors (Lipinski definition) is 9. The molecule has 0 spiro atoms. The maximum absolute atomic E-state index is 11.3. The summed E-state index contributed by atoms with van der Waals surface area (Å²) >= 11 is 0. The predicted octanol–water partition coefficient (Wildman–Crippen LogP) is -3.30. The molecule has 0 bridgehead atoms. The quantitative estimate of drug-likeness (QED) is 0.265. The van der Waals surface area contributed by atoms with Gasteiger partial charge in [0.05, 0.1) is 18.8 Å². The fourth-order valence-electron chi connectivity index (χ4n) is 2.46. The summed E-state index contributed by atoms with van der Waals surface area (Å²) in [7, 11) is 0. The van der Waals surface area contributed by atoms with Crippen molar-refractivity contribution in [3.63, 3.8) is 0 Å². The predicted molar refractivity (Wildman–Crippen MR) is 74.3 cm³/mol. The van der Waals surface area contributed by atoms with Gasteiger partial charge in [0.2, 0.25) is 5.91 Å². The second-order valence-electron chi connectivity index (χ2n) is 5.49. The van der Waals surface area contributed by atoms with E-state index < -0.39 is 67.1 Å². The molecule has 0 aliphatic carbocycles. The number of carbonyl (C=O) groups is 3. The molecule has 138 valence electrons. The number of hydrogen-bond donors (Lipinski definition) is 6. The van der Waals surface area contributed by atoms with E-state index in [0.29, 0.717) is 0 Å². The molecule has 0 aromatic rings. The summed E-state index contributed by atoms with van der Waals surface area (Å²) in [4.78, 5) is 33.7. The van der Waals surface area contributed by atoms with E-state index >= 15 is 0 Å². The van der Waals surface area contributed by atoms with Crippen LogP contribution in [0.5, 0.6) is 0 Å². The highest BCUT2D eigenvalue weighted by molar-refractivity contribution is 5.76. The Morgan fingerprint density at radius 2 is 1.96 bits per heavy atom. The highest BCUT2D eigenvalue weighted by Gasteiger charge is 2.55. The van der Waals surface area contributed by atoms with E-state index in [1.165, 1.54) is 0 Å². The van der Waals surface area contributed by atoms with Gasteiger partial charge in [-0.3, -0.25) is 9.59 Å². The number of aliphatic hydroxyl groups is 4. The van der Waals surface area contributed by atoms with Gasteiger partial charge >= 0.3 is 11.9 Å². The Kier molecular flexibility index (Phi) is 6.63. The first-order valence-corrected chi connectivity index (χ1v) is 7.06. The molecule has 1 aliphatic rings. The highest BCUT2D eigenvalue weighted by Crippen LogP contribution is 2.31. The van der Waals surface area contributed by atoms with Crippen LogP contribution in [0.4, 0.5) is 0 Å². The molecule has 1 heterocycles. The van der Waals surface area contributed by atoms with Crippen molar-refractivity contribution in [3.8, 4) is 0 Å². The summed E-state index contributed by atoms with van der Waals surface area (Å²) in [6.45, 7) is 1.23. The molecule has 6 N–H and O–H groups in total. The molecule has 1 amide bonds. The van der Waals surface area contributed by atoms with Crippen LogP contribution in [0, 0.1) is 0 Å². The Balaban J connectivity index is 3.25. The third-order valence-corrected chi connectivity index (χ3v) is 3.48. The van der Waals surface area contributed by atoms with Crippen molar-refractivity contribution in [2.24, 2.45) is 0 Å². The fourth-order valence-corrected chi connectivity index (χ4v) is 2.46. The average Bonchev–Trinajstić information content (AvgIpc) is 2.46. The Morgan fingerprint density at radius 3 is 2.38 bits per heavy atom. The van der Waals surface area contributed by atoms with Crippen molar-refractivity contribution < 1.29 is 49.4 Å². The molecule has 0 aromatic heterocycles. The van der Waals surface area contributed by atoms with Gasteiger partial charge in [0.15, 0.2) is 6.10 Å². The maximum atomic E-state index is 11.3. The van der Waals surface area contributed by atoms with Gasteiger partial charge in [-0.25, -0.2) is 4.79 Å². The van der Waals surface area contributed by atoms with Gasteiger partial charge in [-0.05, 0) is 0 Å². The second kappa shape index (κ2) is 7.85. The standard InChI is InChI=1S/C13H21NO10/c1-5(16)14-9-7(18)3-13(22,12(20)21)24-11(9)10(8(19)4-15)23-6(2)17/h7-11,15,18-19,22H,3-4H2,1-2H3,(H,14,16)(H,20,21)/t7-,8+,9+,10+,11+,13-/m0/s1. The molecule has 6 atom stereocenters. The lowest BCUT2D eigenvalue weighted by Crippen LogP contribution is -2.67. The zero-order valence-corrected chi connectivity index (χ0v) is 13.1. The van der Waals surface area contributed by atoms with E-state index in [1.54, 1.807) is 0 Å². The number of nitrogens with one attached hydrogen (secondary N) is 1. The molecule has 1 aliphatic heterocycles. The number of ether oxygens (including phenoxy) is 2. The average molecular weight is 351 g/mol. The summed E-state index contributed by atoms with van der Waals surface area (Å²) in [5, 5.41) is 50.4. The Morgan fingerprint density at radius 1 is 1.38 bits per heavy atom. The van der Waals surface area contributed by atoms with E-state index in [2.05, 4.69) is 5.32 Å². The van der Waals surface area contributed by atoms with Crippen LogP contribution in [0.15, 0.2) is 0 Å². The van der Waals surface area contributed by atoms with Crippen LogP contribution in [0.25, 0.3) is 0 Å². The van der Waals surface area contributed by atoms with Crippen LogP contribution in [0.3, 0.4) is 0 Å². The Labute approximate surface area is 136 Å². The van der Waals surface area contributed by atoms with Crippen LogP contribution in [-0.2, 0) is 23.9 Å². The van der Waals surface area contributed by atoms with Gasteiger partial charge < -0.3 is 40.3 Å². The molecule has 1 rings (SSSR count). The first kappa shape index (κ1) is 20.3. The summed E-state index contributed by atoms with van der Waals surface area (Å²) in [6.07, 6.45) is -7.35. The zero-order valence-electron chi connectivity index (χ0n) is 13.1. The molecular weight excluding hydrogens is 330 g/mol. The second-order valence-corrected chi connectivity index (χ2v) is 5.49. The topological polar surface area (TPSA) is 183 Å². The van der Waals surface area contributed by atoms with Crippen molar-refractivity contribution >= 4 is 17.8 Å². The van der Waals surface area contributed by atoms with Crippen LogP contribution in [0.2, 0.25) is 0 Å². The van der Waals surface area contributed by atoms with E-state index in [0.717, 1.165) is 13.8 Å². The SMILES string of the molecule is CC(=O)N[C@H]1[C@H]([C@H](OC(C)=O)[C@H](O)CO)O[C@](O)(C(=O)O)C[C@@H]1O. The zero-order chi connectivity index (χ0) is 18.7. The van der Waals surface area contributed by atoms with Gasteiger partial charge in [-0.15, -0.1) is 0 Å².